The molecule has 2 aromatic heterocycles. The molecule has 0 saturated carbocycles. The molecule has 3 aliphatic rings. The van der Waals surface area contributed by atoms with E-state index >= 15 is 4.39 Å². The second-order valence-electron chi connectivity index (χ2n) is 13.8. The fourth-order valence-electron chi connectivity index (χ4n) is 8.41. The van der Waals surface area contributed by atoms with Crippen molar-refractivity contribution in [1.82, 2.24) is 24.8 Å². The number of nitrogens with zero attached hydrogens (tertiary/aromatic N) is 6. The van der Waals surface area contributed by atoms with E-state index in [1.54, 1.807) is 18.7 Å². The molecule has 4 aromatic rings. The van der Waals surface area contributed by atoms with Crippen LogP contribution in [0.15, 0.2) is 24.3 Å². The van der Waals surface area contributed by atoms with Crippen LogP contribution in [0.25, 0.3) is 32.9 Å². The first-order valence-electron chi connectivity index (χ1n) is 17.4. The minimum atomic E-state index is -5.06. The molecular formula is C37H38F5N7O3. The minimum absolute atomic E-state index is 0.0109. The van der Waals surface area contributed by atoms with E-state index in [1.165, 1.54) is 18.2 Å². The van der Waals surface area contributed by atoms with Gasteiger partial charge in [0.05, 0.1) is 16.5 Å². The molecular weight excluding hydrogens is 685 g/mol. The molecule has 2 unspecified atom stereocenters. The summed E-state index contributed by atoms with van der Waals surface area (Å²) in [5.74, 6) is -1.72. The van der Waals surface area contributed by atoms with Gasteiger partial charge in [-0.25, -0.2) is 13.8 Å². The Hall–Kier alpha value is -4.97. The number of ether oxygens (including phenoxy) is 1. The van der Waals surface area contributed by atoms with Gasteiger partial charge >= 0.3 is 18.1 Å². The van der Waals surface area contributed by atoms with E-state index in [4.69, 9.17) is 21.9 Å². The highest BCUT2D eigenvalue weighted by Crippen LogP contribution is 2.43. The Labute approximate surface area is 296 Å². The topological polar surface area (TPSA) is 121 Å². The largest absolute Gasteiger partial charge is 0.508 e. The van der Waals surface area contributed by atoms with Crippen molar-refractivity contribution >= 4 is 39.2 Å². The molecule has 5 heterocycles. The standard InChI is InChI=1S/C37H38F5N7O3/c1-4-21-17-47(18-22(5-2)49(21)34(51)37(40,41)42)33-28-31(45-35(46-33)52-19-36-11-7-13-48(36)14-8-12-36)29(39)30(44-32(28)43)25-16-23(50)15-20-9-10-26(38)24(6-3)27(20)25/h3,9-10,15-16,21-22,50H,4-5,7-8,11-14,17-19H2,1-2H3,(H2,43,44). The third-order valence-electron chi connectivity index (χ3n) is 10.9. The molecule has 3 saturated heterocycles. The number of alkyl halides is 3. The van der Waals surface area contributed by atoms with Crippen molar-refractivity contribution in [2.75, 3.05) is 43.4 Å². The van der Waals surface area contributed by atoms with Crippen LogP contribution in [-0.4, -0.2) is 92.4 Å². The molecule has 3 aliphatic heterocycles. The van der Waals surface area contributed by atoms with Crippen LogP contribution in [0.5, 0.6) is 11.8 Å². The third kappa shape index (κ3) is 5.86. The summed E-state index contributed by atoms with van der Waals surface area (Å²) in [6, 6.07) is 3.22. The lowest BCUT2D eigenvalue weighted by atomic mass is 9.95. The van der Waals surface area contributed by atoms with Gasteiger partial charge in [0.15, 0.2) is 5.82 Å². The van der Waals surface area contributed by atoms with Crippen molar-refractivity contribution < 1.29 is 36.6 Å². The number of phenols is 1. The number of benzene rings is 2. The lowest BCUT2D eigenvalue weighted by molar-refractivity contribution is -0.191. The molecule has 3 fully saturated rings. The number of hydrogen-bond acceptors (Lipinski definition) is 9. The molecule has 1 amide bonds. The highest BCUT2D eigenvalue weighted by molar-refractivity contribution is 6.05. The average molecular weight is 724 g/mol. The molecule has 2 aromatic carbocycles. The highest BCUT2D eigenvalue weighted by Gasteiger charge is 2.49. The van der Waals surface area contributed by atoms with E-state index in [2.05, 4.69) is 20.8 Å². The van der Waals surface area contributed by atoms with Gasteiger partial charge in [-0.1, -0.05) is 25.8 Å². The second-order valence-corrected chi connectivity index (χ2v) is 13.8. The van der Waals surface area contributed by atoms with Gasteiger partial charge < -0.3 is 25.4 Å². The van der Waals surface area contributed by atoms with Crippen molar-refractivity contribution in [3.8, 4) is 35.4 Å². The zero-order chi connectivity index (χ0) is 37.1. The monoisotopic (exact) mass is 723 g/mol. The van der Waals surface area contributed by atoms with Crippen molar-refractivity contribution in [3.05, 3.63) is 41.5 Å². The summed E-state index contributed by atoms with van der Waals surface area (Å²) in [4.78, 5) is 31.2. The molecule has 0 aliphatic carbocycles. The first-order chi connectivity index (χ1) is 24.8. The zero-order valence-electron chi connectivity index (χ0n) is 28.7. The SMILES string of the molecule is C#Cc1c(F)ccc2cc(O)cc(-c3nc(N)c4c(N5CC(CC)N(C(=O)C(F)(F)F)C(CC)C5)nc(OCC56CCCN5CCC6)nc4c3F)c12. The number of amides is 1. The number of phenolic OH excluding ortho intramolecular Hbond substituents is 1. The van der Waals surface area contributed by atoms with Crippen molar-refractivity contribution in [3.63, 3.8) is 0 Å². The van der Waals surface area contributed by atoms with Crippen molar-refractivity contribution in [1.29, 1.82) is 0 Å². The van der Waals surface area contributed by atoms with Crippen molar-refractivity contribution in [2.24, 2.45) is 0 Å². The smallest absolute Gasteiger partial charge is 0.471 e. The van der Waals surface area contributed by atoms with Gasteiger partial charge in [-0.15, -0.1) is 6.42 Å². The van der Waals surface area contributed by atoms with Crippen LogP contribution < -0.4 is 15.4 Å². The Morgan fingerprint density at radius 2 is 1.73 bits per heavy atom. The van der Waals surface area contributed by atoms with Gasteiger partial charge in [0.2, 0.25) is 0 Å². The van der Waals surface area contributed by atoms with Crippen LogP contribution in [-0.2, 0) is 4.79 Å². The normalized spacial score (nSPS) is 20.4. The molecule has 0 radical (unpaired) electrons. The Morgan fingerprint density at radius 1 is 1.06 bits per heavy atom. The number of nitrogen functional groups attached to an aromatic ring is 1. The summed E-state index contributed by atoms with van der Waals surface area (Å²) < 4.78 is 79.6. The molecule has 7 rings (SSSR count). The molecule has 10 nitrogen and oxygen atoms in total. The molecule has 3 N–H and O–H groups in total. The van der Waals surface area contributed by atoms with Crippen molar-refractivity contribution in [2.45, 2.75) is 76.2 Å². The third-order valence-corrected chi connectivity index (χ3v) is 10.9. The Bertz CT molecular complexity index is 2100. The number of fused-ring (bicyclic) bond motifs is 3. The summed E-state index contributed by atoms with van der Waals surface area (Å²) >= 11 is 0. The molecule has 52 heavy (non-hydrogen) atoms. The predicted molar refractivity (Wildman–Crippen MR) is 186 cm³/mol. The van der Waals surface area contributed by atoms with Crippen LogP contribution in [0, 0.1) is 24.0 Å². The number of anilines is 2. The van der Waals surface area contributed by atoms with Crippen LogP contribution >= 0.6 is 0 Å². The minimum Gasteiger partial charge on any atom is -0.508 e. The Kier molecular flexibility index (Phi) is 9.01. The number of terminal acetylenes is 1. The summed E-state index contributed by atoms with van der Waals surface area (Å²) in [7, 11) is 0. The van der Waals surface area contributed by atoms with Crippen LogP contribution in [0.2, 0.25) is 0 Å². The van der Waals surface area contributed by atoms with E-state index in [-0.39, 0.29) is 94.6 Å². The van der Waals surface area contributed by atoms with E-state index in [0.717, 1.165) is 49.7 Å². The number of nitrogens with two attached hydrogens (primary N) is 1. The lowest BCUT2D eigenvalue weighted by Crippen LogP contribution is -2.63. The van der Waals surface area contributed by atoms with E-state index in [1.807, 2.05) is 0 Å². The zero-order valence-corrected chi connectivity index (χ0v) is 28.7. The highest BCUT2D eigenvalue weighted by atomic mass is 19.4. The number of aromatic hydroxyl groups is 1. The van der Waals surface area contributed by atoms with Crippen LogP contribution in [0.3, 0.4) is 0 Å². The number of hydrogen-bond donors (Lipinski definition) is 2. The first-order valence-corrected chi connectivity index (χ1v) is 17.4. The summed E-state index contributed by atoms with van der Waals surface area (Å²) in [5, 5.41) is 11.1. The number of piperazine rings is 1. The van der Waals surface area contributed by atoms with Gasteiger partial charge in [-0.3, -0.25) is 9.69 Å². The number of carbonyl (C=O) groups excluding carboxylic acids is 1. The van der Waals surface area contributed by atoms with Crippen LogP contribution in [0.1, 0.15) is 57.9 Å². The fraction of sp³-hybridized carbons (Fsp3) is 0.459. The van der Waals surface area contributed by atoms with Gasteiger partial charge in [0, 0.05) is 36.1 Å². The first kappa shape index (κ1) is 35.4. The predicted octanol–water partition coefficient (Wildman–Crippen LogP) is 6.17. The average Bonchev–Trinajstić information content (AvgIpc) is 3.71. The second kappa shape index (κ2) is 13.2. The molecule has 274 valence electrons. The van der Waals surface area contributed by atoms with Gasteiger partial charge in [-0.2, -0.15) is 23.1 Å². The maximum atomic E-state index is 17.1. The molecule has 15 heteroatoms. The summed E-state index contributed by atoms with van der Waals surface area (Å²) in [6.45, 7) is 5.34. The van der Waals surface area contributed by atoms with Crippen LogP contribution in [0.4, 0.5) is 33.6 Å². The summed E-state index contributed by atoms with van der Waals surface area (Å²) in [6.07, 6.45) is 4.84. The Morgan fingerprint density at radius 3 is 2.35 bits per heavy atom. The van der Waals surface area contributed by atoms with Gasteiger partial charge in [0.25, 0.3) is 0 Å². The molecule has 2 atom stereocenters. The molecule has 0 bridgehead atoms. The maximum absolute atomic E-state index is 17.1. The Balaban J connectivity index is 1.41. The molecule has 0 spiro atoms. The number of carbonyl (C=O) groups is 1. The quantitative estimate of drug-likeness (QED) is 0.171. The maximum Gasteiger partial charge on any atom is 0.471 e. The van der Waals surface area contributed by atoms with Gasteiger partial charge in [0.1, 0.15) is 41.0 Å². The summed E-state index contributed by atoms with van der Waals surface area (Å²) in [5.41, 5.74) is 5.52. The van der Waals surface area contributed by atoms with E-state index in [0.29, 0.717) is 5.39 Å². The number of rotatable bonds is 7. The number of halogens is 5. The number of aromatic nitrogens is 3. The van der Waals surface area contributed by atoms with E-state index < -0.39 is 35.8 Å². The fourth-order valence-corrected chi connectivity index (χ4v) is 8.41. The van der Waals surface area contributed by atoms with E-state index in [9.17, 15) is 27.5 Å². The lowest BCUT2D eigenvalue weighted by Gasteiger charge is -2.47. The van der Waals surface area contributed by atoms with Gasteiger partial charge in [-0.05, 0) is 75.2 Å². The number of pyridine rings is 1.